The van der Waals surface area contributed by atoms with Gasteiger partial charge in [0.2, 0.25) is 0 Å². The quantitative estimate of drug-likeness (QED) is 0.503. The molecule has 0 fully saturated rings. The van der Waals surface area contributed by atoms with Gasteiger partial charge in [-0.25, -0.2) is 0 Å². The summed E-state index contributed by atoms with van der Waals surface area (Å²) in [6.45, 7) is 3.64. The molecule has 2 N–H and O–H groups in total. The van der Waals surface area contributed by atoms with E-state index < -0.39 is 0 Å². The minimum Gasteiger partial charge on any atom is -0.319 e. The molecule has 1 rings (SSSR count). The maximum atomic E-state index is 5.75. The Morgan fingerprint density at radius 1 is 1.75 bits per heavy atom. The van der Waals surface area contributed by atoms with E-state index in [4.69, 9.17) is 5.73 Å². The van der Waals surface area contributed by atoms with Crippen LogP contribution in [0.15, 0.2) is 24.8 Å². The minimum absolute atomic E-state index is 0.181. The molecule has 0 aromatic heterocycles. The number of rotatable bonds is 1. The second kappa shape index (κ2) is 1.75. The van der Waals surface area contributed by atoms with E-state index in [-0.39, 0.29) is 5.54 Å². The smallest absolute Gasteiger partial charge is 0.0525 e. The van der Waals surface area contributed by atoms with Gasteiger partial charge in [0.15, 0.2) is 0 Å². The van der Waals surface area contributed by atoms with Gasteiger partial charge < -0.3 is 5.73 Å². The van der Waals surface area contributed by atoms with Crippen LogP contribution in [0.3, 0.4) is 0 Å². The molecule has 0 aromatic rings. The monoisotopic (exact) mass is 109 g/mol. The van der Waals surface area contributed by atoms with Crippen molar-refractivity contribution in [1.29, 1.82) is 0 Å². The normalized spacial score (nSPS) is 35.6. The van der Waals surface area contributed by atoms with Crippen molar-refractivity contribution in [3.63, 3.8) is 0 Å². The molecule has 8 heavy (non-hydrogen) atoms. The van der Waals surface area contributed by atoms with E-state index in [0.717, 1.165) is 12.8 Å². The van der Waals surface area contributed by atoms with E-state index in [1.54, 1.807) is 6.08 Å². The molecule has 1 aliphatic rings. The van der Waals surface area contributed by atoms with Gasteiger partial charge in [0.25, 0.3) is 0 Å². The van der Waals surface area contributed by atoms with Crippen LogP contribution in [0.1, 0.15) is 12.8 Å². The van der Waals surface area contributed by atoms with Gasteiger partial charge in [0, 0.05) is 0 Å². The summed E-state index contributed by atoms with van der Waals surface area (Å²) in [6, 6.07) is 0. The van der Waals surface area contributed by atoms with Crippen LogP contribution in [0.25, 0.3) is 0 Å². The second-order valence-electron chi connectivity index (χ2n) is 2.26. The first kappa shape index (κ1) is 5.57. The van der Waals surface area contributed by atoms with Crippen molar-refractivity contribution >= 4 is 0 Å². The first-order valence-corrected chi connectivity index (χ1v) is 2.87. The Morgan fingerprint density at radius 2 is 2.50 bits per heavy atom. The van der Waals surface area contributed by atoms with Crippen LogP contribution < -0.4 is 5.73 Å². The zero-order chi connectivity index (χ0) is 6.04. The summed E-state index contributed by atoms with van der Waals surface area (Å²) in [5, 5.41) is 0. The van der Waals surface area contributed by atoms with Crippen LogP contribution in [0.5, 0.6) is 0 Å². The van der Waals surface area contributed by atoms with Gasteiger partial charge >= 0.3 is 0 Å². The van der Waals surface area contributed by atoms with Crippen molar-refractivity contribution in [3.05, 3.63) is 24.8 Å². The molecule has 1 heteroatoms. The lowest BCUT2D eigenvalue weighted by molar-refractivity contribution is 0.637. The second-order valence-corrected chi connectivity index (χ2v) is 2.26. The summed E-state index contributed by atoms with van der Waals surface area (Å²) in [4.78, 5) is 0. The molecule has 0 heterocycles. The van der Waals surface area contributed by atoms with E-state index in [0.29, 0.717) is 0 Å². The minimum atomic E-state index is -0.181. The Labute approximate surface area is 49.9 Å². The van der Waals surface area contributed by atoms with Crippen molar-refractivity contribution < 1.29 is 0 Å². The van der Waals surface area contributed by atoms with Gasteiger partial charge in [-0.2, -0.15) is 0 Å². The van der Waals surface area contributed by atoms with Crippen molar-refractivity contribution in [2.24, 2.45) is 5.73 Å². The van der Waals surface area contributed by atoms with Crippen molar-refractivity contribution in [1.82, 2.24) is 0 Å². The highest BCUT2D eigenvalue weighted by Crippen LogP contribution is 2.19. The van der Waals surface area contributed by atoms with Gasteiger partial charge in [0.05, 0.1) is 5.54 Å². The fraction of sp³-hybridized carbons (Fsp3) is 0.429. The summed E-state index contributed by atoms with van der Waals surface area (Å²) in [6.07, 6.45) is 8.04. The third-order valence-electron chi connectivity index (χ3n) is 1.55. The van der Waals surface area contributed by atoms with E-state index in [1.165, 1.54) is 0 Å². The Bertz CT molecular complexity index is 126. The van der Waals surface area contributed by atoms with Gasteiger partial charge in [-0.05, 0) is 12.8 Å². The Morgan fingerprint density at radius 3 is 2.75 bits per heavy atom. The Hall–Kier alpha value is -0.560. The summed E-state index contributed by atoms with van der Waals surface area (Å²) < 4.78 is 0. The Balaban J connectivity index is 2.67. The molecule has 0 bridgehead atoms. The van der Waals surface area contributed by atoms with Gasteiger partial charge in [-0.15, -0.1) is 6.58 Å². The van der Waals surface area contributed by atoms with E-state index >= 15 is 0 Å². The molecule has 1 aliphatic carbocycles. The summed E-state index contributed by atoms with van der Waals surface area (Å²) >= 11 is 0. The molecule has 0 radical (unpaired) electrons. The number of hydrogen-bond donors (Lipinski definition) is 1. The fourth-order valence-corrected chi connectivity index (χ4v) is 0.890. The predicted molar refractivity (Wildman–Crippen MR) is 35.5 cm³/mol. The van der Waals surface area contributed by atoms with Crippen LogP contribution in [-0.4, -0.2) is 5.54 Å². The third-order valence-corrected chi connectivity index (χ3v) is 1.55. The highest BCUT2D eigenvalue weighted by molar-refractivity contribution is 5.19. The largest absolute Gasteiger partial charge is 0.319 e. The molecule has 0 aromatic carbocycles. The molecular formula is C7H11N. The zero-order valence-electron chi connectivity index (χ0n) is 4.93. The highest BCUT2D eigenvalue weighted by Gasteiger charge is 2.19. The van der Waals surface area contributed by atoms with Crippen LogP contribution in [0.4, 0.5) is 0 Å². The maximum absolute atomic E-state index is 5.75. The number of nitrogens with two attached hydrogens (primary N) is 1. The maximum Gasteiger partial charge on any atom is 0.0525 e. The van der Waals surface area contributed by atoms with E-state index in [9.17, 15) is 0 Å². The van der Waals surface area contributed by atoms with Crippen LogP contribution in [0.2, 0.25) is 0 Å². The molecule has 0 saturated carbocycles. The average molecular weight is 109 g/mol. The van der Waals surface area contributed by atoms with Crippen molar-refractivity contribution in [2.75, 3.05) is 0 Å². The third kappa shape index (κ3) is 0.819. The topological polar surface area (TPSA) is 26.0 Å². The van der Waals surface area contributed by atoms with Crippen LogP contribution in [0, 0.1) is 0 Å². The van der Waals surface area contributed by atoms with Gasteiger partial charge in [-0.1, -0.05) is 18.2 Å². The molecule has 44 valence electrons. The molecular weight excluding hydrogens is 98.1 g/mol. The summed E-state index contributed by atoms with van der Waals surface area (Å²) in [5.41, 5.74) is 5.57. The number of allylic oxidation sites excluding steroid dienone is 1. The van der Waals surface area contributed by atoms with Gasteiger partial charge in [-0.3, -0.25) is 0 Å². The van der Waals surface area contributed by atoms with Crippen LogP contribution in [-0.2, 0) is 0 Å². The average Bonchev–Trinajstić information content (AvgIpc) is 2.17. The van der Waals surface area contributed by atoms with Gasteiger partial charge in [0.1, 0.15) is 0 Å². The Kier molecular flexibility index (Phi) is 1.22. The molecule has 0 amide bonds. The molecule has 1 nitrogen and oxygen atoms in total. The summed E-state index contributed by atoms with van der Waals surface area (Å²) in [7, 11) is 0. The molecule has 0 spiro atoms. The summed E-state index contributed by atoms with van der Waals surface area (Å²) in [5.74, 6) is 0. The lowest BCUT2D eigenvalue weighted by Gasteiger charge is -2.14. The number of hydrogen-bond acceptors (Lipinski definition) is 1. The lowest BCUT2D eigenvalue weighted by atomic mass is 10.0. The van der Waals surface area contributed by atoms with E-state index in [2.05, 4.69) is 12.7 Å². The highest BCUT2D eigenvalue weighted by atomic mass is 14.7. The fourth-order valence-electron chi connectivity index (χ4n) is 0.890. The van der Waals surface area contributed by atoms with Crippen molar-refractivity contribution in [3.8, 4) is 0 Å². The zero-order valence-corrected chi connectivity index (χ0v) is 4.93. The molecule has 1 unspecified atom stereocenters. The van der Waals surface area contributed by atoms with E-state index in [1.807, 2.05) is 6.08 Å². The van der Waals surface area contributed by atoms with Crippen LogP contribution >= 0.6 is 0 Å². The lowest BCUT2D eigenvalue weighted by Crippen LogP contribution is -2.31. The first-order valence-electron chi connectivity index (χ1n) is 2.87. The SMILES string of the molecule is C=CC1(N)C=CCC1. The predicted octanol–water partition coefficient (Wildman–Crippen LogP) is 1.22. The molecule has 0 saturated heterocycles. The first-order chi connectivity index (χ1) is 3.77. The van der Waals surface area contributed by atoms with Crippen molar-refractivity contribution in [2.45, 2.75) is 18.4 Å². The molecule has 1 atom stereocenters. The molecule has 0 aliphatic heterocycles. The standard InChI is InChI=1S/C7H11N/c1-2-7(8)5-3-4-6-7/h2-3,5H,1,4,6,8H2.